The molecule has 0 amide bonds. The Balaban J connectivity index is 1.90. The molecule has 2 heterocycles. The Morgan fingerprint density at radius 2 is 1.97 bits per heavy atom. The van der Waals surface area contributed by atoms with E-state index in [2.05, 4.69) is 13.8 Å². The van der Waals surface area contributed by atoms with Crippen molar-refractivity contribution in [3.05, 3.63) is 45.5 Å². The summed E-state index contributed by atoms with van der Waals surface area (Å²) in [6.07, 6.45) is 3.17. The maximum Gasteiger partial charge on any atom is 0.228 e. The Morgan fingerprint density at radius 3 is 2.58 bits per heavy atom. The van der Waals surface area contributed by atoms with Gasteiger partial charge in [-0.1, -0.05) is 13.8 Å². The molecule has 2 aliphatic rings. The Morgan fingerprint density at radius 1 is 1.23 bits per heavy atom. The number of fused-ring (bicyclic) bond motifs is 6. The Bertz CT molecular complexity index is 1100. The standard InChI is InChI=1S/C24H28FNO5/c1-13(27)17-12-26-21(20(25)22(17)28)15-10-18(30-5)19(31-8-6-7-29-4)9-14(15)16-11-24(2,3)23(16)26/h9-10,12,16,23H,6-8,11H2,1-5H3/t16-,23+/m1/s1. The summed E-state index contributed by atoms with van der Waals surface area (Å²) in [6.45, 7) is 6.59. The summed E-state index contributed by atoms with van der Waals surface area (Å²) in [6, 6.07) is 3.60. The van der Waals surface area contributed by atoms with Crippen LogP contribution in [-0.2, 0) is 4.74 Å². The molecule has 0 unspecified atom stereocenters. The van der Waals surface area contributed by atoms with Gasteiger partial charge in [0.1, 0.15) is 0 Å². The molecule has 166 valence electrons. The Hall–Kier alpha value is -2.67. The predicted molar refractivity (Wildman–Crippen MR) is 115 cm³/mol. The first kappa shape index (κ1) is 21.6. The molecule has 4 rings (SSSR count). The molecule has 0 spiro atoms. The molecule has 1 aromatic heterocycles. The second kappa shape index (κ2) is 7.79. The molecular weight excluding hydrogens is 401 g/mol. The molecular formula is C24H28FNO5. The van der Waals surface area contributed by atoms with Gasteiger partial charge in [0.15, 0.2) is 23.1 Å². The third-order valence-electron chi connectivity index (χ3n) is 6.53. The Labute approximate surface area is 180 Å². The van der Waals surface area contributed by atoms with Crippen LogP contribution in [0.4, 0.5) is 4.39 Å². The van der Waals surface area contributed by atoms with E-state index >= 15 is 4.39 Å². The second-order valence-electron chi connectivity index (χ2n) is 9.03. The first-order valence-electron chi connectivity index (χ1n) is 10.5. The molecule has 1 aliphatic heterocycles. The zero-order valence-electron chi connectivity index (χ0n) is 18.6. The van der Waals surface area contributed by atoms with Gasteiger partial charge in [-0.2, -0.15) is 0 Å². The fraction of sp³-hybridized carbons (Fsp3) is 0.500. The van der Waals surface area contributed by atoms with Crippen molar-refractivity contribution in [2.24, 2.45) is 5.41 Å². The minimum Gasteiger partial charge on any atom is -0.493 e. The summed E-state index contributed by atoms with van der Waals surface area (Å²) >= 11 is 0. The summed E-state index contributed by atoms with van der Waals surface area (Å²) in [5.41, 5.74) is 0.688. The molecule has 1 fully saturated rings. The third-order valence-corrected chi connectivity index (χ3v) is 6.53. The van der Waals surface area contributed by atoms with Crippen LogP contribution in [0.5, 0.6) is 11.5 Å². The monoisotopic (exact) mass is 429 g/mol. The minimum atomic E-state index is -0.897. The summed E-state index contributed by atoms with van der Waals surface area (Å²) < 4.78 is 33.7. The van der Waals surface area contributed by atoms with Gasteiger partial charge in [-0.15, -0.1) is 0 Å². The molecule has 0 bridgehead atoms. The lowest BCUT2D eigenvalue weighted by Crippen LogP contribution is -2.47. The second-order valence-corrected chi connectivity index (χ2v) is 9.03. The number of pyridine rings is 1. The lowest BCUT2D eigenvalue weighted by atomic mass is 9.55. The van der Waals surface area contributed by atoms with Crippen LogP contribution >= 0.6 is 0 Å². The van der Waals surface area contributed by atoms with Crippen molar-refractivity contribution >= 4 is 5.78 Å². The maximum absolute atomic E-state index is 15.4. The van der Waals surface area contributed by atoms with Crippen LogP contribution in [0, 0.1) is 11.2 Å². The number of carbonyl (C=O) groups excluding carboxylic acids is 1. The number of hydrogen-bond acceptors (Lipinski definition) is 5. The number of aromatic nitrogens is 1. The van der Waals surface area contributed by atoms with Gasteiger partial charge in [0.2, 0.25) is 5.43 Å². The molecule has 31 heavy (non-hydrogen) atoms. The van der Waals surface area contributed by atoms with Gasteiger partial charge in [0.05, 0.1) is 25.0 Å². The number of halogens is 1. The number of rotatable bonds is 7. The van der Waals surface area contributed by atoms with Crippen molar-refractivity contribution < 1.29 is 23.4 Å². The number of carbonyl (C=O) groups is 1. The van der Waals surface area contributed by atoms with E-state index in [9.17, 15) is 9.59 Å². The van der Waals surface area contributed by atoms with Crippen molar-refractivity contribution in [2.75, 3.05) is 27.4 Å². The van der Waals surface area contributed by atoms with Crippen LogP contribution in [-0.4, -0.2) is 37.8 Å². The summed E-state index contributed by atoms with van der Waals surface area (Å²) in [7, 11) is 3.17. The molecule has 1 aromatic carbocycles. The van der Waals surface area contributed by atoms with Crippen molar-refractivity contribution in [3.63, 3.8) is 0 Å². The van der Waals surface area contributed by atoms with Gasteiger partial charge in [-0.3, -0.25) is 9.59 Å². The van der Waals surface area contributed by atoms with Crippen molar-refractivity contribution in [3.8, 4) is 22.8 Å². The number of nitrogens with zero attached hydrogens (tertiary/aromatic N) is 1. The van der Waals surface area contributed by atoms with E-state index < -0.39 is 17.0 Å². The summed E-state index contributed by atoms with van der Waals surface area (Å²) in [5.74, 6) is -0.131. The summed E-state index contributed by atoms with van der Waals surface area (Å²) in [4.78, 5) is 24.6. The van der Waals surface area contributed by atoms with Gasteiger partial charge in [-0.25, -0.2) is 4.39 Å². The smallest absolute Gasteiger partial charge is 0.228 e. The van der Waals surface area contributed by atoms with Crippen molar-refractivity contribution in [1.82, 2.24) is 4.57 Å². The predicted octanol–water partition coefficient (Wildman–Crippen LogP) is 4.35. The van der Waals surface area contributed by atoms with Crippen LogP contribution in [0.2, 0.25) is 0 Å². The fourth-order valence-corrected chi connectivity index (χ4v) is 5.11. The minimum absolute atomic E-state index is 0.0575. The zero-order valence-corrected chi connectivity index (χ0v) is 18.6. The molecule has 2 aromatic rings. The number of ketones is 1. The number of ether oxygens (including phenoxy) is 3. The highest BCUT2D eigenvalue weighted by Crippen LogP contribution is 2.64. The average Bonchev–Trinajstić information content (AvgIpc) is 2.71. The average molecular weight is 429 g/mol. The molecule has 0 N–H and O–H groups in total. The molecule has 7 heteroatoms. The van der Waals surface area contributed by atoms with Gasteiger partial charge >= 0.3 is 0 Å². The van der Waals surface area contributed by atoms with E-state index in [-0.39, 0.29) is 28.6 Å². The highest BCUT2D eigenvalue weighted by Gasteiger charge is 2.53. The third kappa shape index (κ3) is 3.35. The van der Waals surface area contributed by atoms with Gasteiger partial charge in [-0.05, 0) is 36.5 Å². The van der Waals surface area contributed by atoms with Crippen LogP contribution in [0.3, 0.4) is 0 Å². The van der Waals surface area contributed by atoms with E-state index in [4.69, 9.17) is 14.2 Å². The van der Waals surface area contributed by atoms with E-state index in [1.807, 2.05) is 6.07 Å². The molecule has 6 nitrogen and oxygen atoms in total. The number of Topliss-reactive ketones (excluding diaryl/α,β-unsaturated/α-hetero) is 1. The van der Waals surface area contributed by atoms with E-state index in [1.54, 1.807) is 17.7 Å². The summed E-state index contributed by atoms with van der Waals surface area (Å²) in [5, 5.41) is 0. The molecule has 1 saturated carbocycles. The van der Waals surface area contributed by atoms with E-state index in [0.717, 1.165) is 18.4 Å². The fourth-order valence-electron chi connectivity index (χ4n) is 5.11. The van der Waals surface area contributed by atoms with Crippen LogP contribution < -0.4 is 14.9 Å². The largest absolute Gasteiger partial charge is 0.493 e. The maximum atomic E-state index is 15.4. The quantitative estimate of drug-likeness (QED) is 0.484. The molecule has 2 atom stereocenters. The molecule has 0 saturated heterocycles. The van der Waals surface area contributed by atoms with Crippen LogP contribution in [0.15, 0.2) is 23.1 Å². The van der Waals surface area contributed by atoms with Crippen LogP contribution in [0.25, 0.3) is 11.3 Å². The van der Waals surface area contributed by atoms with Crippen LogP contribution in [0.1, 0.15) is 61.5 Å². The first-order valence-corrected chi connectivity index (χ1v) is 10.5. The normalized spacial score (nSPS) is 20.2. The van der Waals surface area contributed by atoms with Crippen molar-refractivity contribution in [1.29, 1.82) is 0 Å². The van der Waals surface area contributed by atoms with E-state index in [1.165, 1.54) is 20.2 Å². The molecule has 0 radical (unpaired) electrons. The zero-order chi connectivity index (χ0) is 22.5. The van der Waals surface area contributed by atoms with Crippen molar-refractivity contribution in [2.45, 2.75) is 45.6 Å². The Kier molecular flexibility index (Phi) is 5.41. The van der Waals surface area contributed by atoms with Gasteiger partial charge in [0, 0.05) is 43.9 Å². The number of methoxy groups -OCH3 is 2. The highest BCUT2D eigenvalue weighted by atomic mass is 19.1. The van der Waals surface area contributed by atoms with Gasteiger partial charge in [0.25, 0.3) is 0 Å². The first-order chi connectivity index (χ1) is 14.7. The topological polar surface area (TPSA) is 66.8 Å². The molecule has 1 aliphatic carbocycles. The highest BCUT2D eigenvalue weighted by molar-refractivity contribution is 5.94. The lowest BCUT2D eigenvalue weighted by molar-refractivity contribution is 0.0439. The lowest BCUT2D eigenvalue weighted by Gasteiger charge is -2.56. The number of hydrogen-bond donors (Lipinski definition) is 0. The van der Waals surface area contributed by atoms with Gasteiger partial charge < -0.3 is 18.8 Å². The SMILES string of the molecule is COCCCOc1cc2c(cc1OC)-c1c(F)c(=O)c(C(C)=O)cn1[C@H]1[C@@H]2CC1(C)C. The van der Waals surface area contributed by atoms with E-state index in [0.29, 0.717) is 30.3 Å². The number of benzene rings is 1.